The second kappa shape index (κ2) is 9.78. The Hall–Kier alpha value is -4.14. The highest BCUT2D eigenvalue weighted by molar-refractivity contribution is 6.11. The number of furan rings is 1. The van der Waals surface area contributed by atoms with Gasteiger partial charge in [0.05, 0.1) is 27.4 Å². The lowest BCUT2D eigenvalue weighted by Gasteiger charge is -2.10. The van der Waals surface area contributed by atoms with Crippen LogP contribution in [0.4, 0.5) is 0 Å². The molecule has 178 valence electrons. The van der Waals surface area contributed by atoms with Crippen molar-refractivity contribution >= 4 is 11.9 Å². The van der Waals surface area contributed by atoms with Crippen molar-refractivity contribution < 1.29 is 42.4 Å². The number of ether oxygens (including phenoxy) is 6. The van der Waals surface area contributed by atoms with Gasteiger partial charge in [0, 0.05) is 11.1 Å². The predicted molar refractivity (Wildman–Crippen MR) is 121 cm³/mol. The first kappa shape index (κ1) is 23.0. The van der Waals surface area contributed by atoms with E-state index in [-0.39, 0.29) is 42.7 Å². The van der Waals surface area contributed by atoms with Crippen LogP contribution in [-0.2, 0) is 9.47 Å². The highest BCUT2D eigenvalue weighted by Gasteiger charge is 2.34. The summed E-state index contributed by atoms with van der Waals surface area (Å²) in [6.45, 7) is 3.66. The lowest BCUT2D eigenvalue weighted by atomic mass is 10.0. The number of hydrogen-bond donors (Lipinski definition) is 0. The maximum atomic E-state index is 13.1. The summed E-state index contributed by atoms with van der Waals surface area (Å²) in [6, 6.07) is 10.1. The van der Waals surface area contributed by atoms with E-state index in [1.807, 2.05) is 0 Å². The molecule has 9 nitrogen and oxygen atoms in total. The van der Waals surface area contributed by atoms with Gasteiger partial charge in [0.25, 0.3) is 0 Å². The molecule has 2 aromatic carbocycles. The van der Waals surface area contributed by atoms with Crippen molar-refractivity contribution in [3.8, 4) is 45.6 Å². The SMILES string of the molecule is CCOC(=O)c1c(-c2ccc(OC)c(OC)c2)oc(-c2ccc3c(c2)OCO3)c1C(=O)OCC. The van der Waals surface area contributed by atoms with Gasteiger partial charge in [-0.15, -0.1) is 0 Å². The number of benzene rings is 2. The third-order valence-corrected chi connectivity index (χ3v) is 5.15. The molecule has 1 aliphatic rings. The number of carbonyl (C=O) groups is 2. The lowest BCUT2D eigenvalue weighted by Crippen LogP contribution is -2.13. The standard InChI is InChI=1S/C25H24O9/c1-5-30-24(26)20-21(25(27)31-6-2)23(15-8-10-17-19(12-15)33-13-32-17)34-22(20)14-7-9-16(28-3)18(11-14)29-4/h7-12H,5-6,13H2,1-4H3. The Kier molecular flexibility index (Phi) is 6.62. The van der Waals surface area contributed by atoms with Gasteiger partial charge in [-0.05, 0) is 50.2 Å². The van der Waals surface area contributed by atoms with Crippen LogP contribution in [0.15, 0.2) is 40.8 Å². The zero-order chi connectivity index (χ0) is 24.2. The molecule has 4 rings (SSSR count). The summed E-state index contributed by atoms with van der Waals surface area (Å²) in [5.41, 5.74) is 0.909. The van der Waals surface area contributed by atoms with Gasteiger partial charge >= 0.3 is 11.9 Å². The molecule has 0 aliphatic carbocycles. The van der Waals surface area contributed by atoms with E-state index in [4.69, 9.17) is 32.8 Å². The second-order valence-electron chi connectivity index (χ2n) is 7.09. The summed E-state index contributed by atoms with van der Waals surface area (Å²) in [5.74, 6) is 0.831. The van der Waals surface area contributed by atoms with Crippen LogP contribution in [0.3, 0.4) is 0 Å². The maximum Gasteiger partial charge on any atom is 0.342 e. The highest BCUT2D eigenvalue weighted by Crippen LogP contribution is 2.43. The van der Waals surface area contributed by atoms with Crippen molar-refractivity contribution in [3.05, 3.63) is 47.5 Å². The summed E-state index contributed by atoms with van der Waals surface area (Å²) in [5, 5.41) is 0. The molecule has 0 unspecified atom stereocenters. The summed E-state index contributed by atoms with van der Waals surface area (Å²) in [7, 11) is 3.02. The van der Waals surface area contributed by atoms with E-state index < -0.39 is 11.9 Å². The average molecular weight is 468 g/mol. The maximum absolute atomic E-state index is 13.1. The van der Waals surface area contributed by atoms with Crippen LogP contribution in [0.1, 0.15) is 34.6 Å². The molecule has 0 N–H and O–H groups in total. The molecule has 0 spiro atoms. The smallest absolute Gasteiger partial charge is 0.342 e. The normalized spacial score (nSPS) is 11.8. The van der Waals surface area contributed by atoms with Gasteiger partial charge in [0.15, 0.2) is 23.0 Å². The first-order valence-electron chi connectivity index (χ1n) is 10.7. The zero-order valence-corrected chi connectivity index (χ0v) is 19.3. The van der Waals surface area contributed by atoms with Gasteiger partial charge in [-0.2, -0.15) is 0 Å². The number of methoxy groups -OCH3 is 2. The number of rotatable bonds is 8. The van der Waals surface area contributed by atoms with E-state index in [1.165, 1.54) is 14.2 Å². The van der Waals surface area contributed by atoms with Gasteiger partial charge < -0.3 is 32.8 Å². The van der Waals surface area contributed by atoms with E-state index in [0.717, 1.165) is 0 Å². The van der Waals surface area contributed by atoms with Gasteiger partial charge in [-0.1, -0.05) is 0 Å². The Labute approximate surface area is 196 Å². The summed E-state index contributed by atoms with van der Waals surface area (Å²) < 4.78 is 38.3. The fourth-order valence-electron chi connectivity index (χ4n) is 3.65. The molecule has 0 atom stereocenters. The molecule has 0 saturated carbocycles. The largest absolute Gasteiger partial charge is 0.493 e. The Morgan fingerprint density at radius 1 is 0.765 bits per heavy atom. The molecule has 1 aromatic heterocycles. The molecule has 3 aromatic rings. The number of fused-ring (bicyclic) bond motifs is 1. The summed E-state index contributed by atoms with van der Waals surface area (Å²) in [6.07, 6.45) is 0. The monoisotopic (exact) mass is 468 g/mol. The molecule has 0 amide bonds. The van der Waals surface area contributed by atoms with E-state index in [0.29, 0.717) is 34.1 Å². The van der Waals surface area contributed by atoms with Gasteiger partial charge in [-0.3, -0.25) is 0 Å². The van der Waals surface area contributed by atoms with E-state index in [2.05, 4.69) is 0 Å². The Morgan fingerprint density at radius 3 is 1.91 bits per heavy atom. The fraction of sp³-hybridized carbons (Fsp3) is 0.280. The van der Waals surface area contributed by atoms with Crippen molar-refractivity contribution in [1.82, 2.24) is 0 Å². The minimum atomic E-state index is -0.717. The Morgan fingerprint density at radius 2 is 1.32 bits per heavy atom. The topological polar surface area (TPSA) is 103 Å². The van der Waals surface area contributed by atoms with Crippen LogP contribution < -0.4 is 18.9 Å². The first-order valence-corrected chi connectivity index (χ1v) is 10.7. The fourth-order valence-corrected chi connectivity index (χ4v) is 3.65. The van der Waals surface area contributed by atoms with Gasteiger partial charge in [0.2, 0.25) is 6.79 Å². The van der Waals surface area contributed by atoms with Crippen molar-refractivity contribution in [2.24, 2.45) is 0 Å². The number of hydrogen-bond acceptors (Lipinski definition) is 9. The molecule has 0 bridgehead atoms. The Balaban J connectivity index is 1.98. The molecule has 0 radical (unpaired) electrons. The van der Waals surface area contributed by atoms with Crippen LogP contribution in [0, 0.1) is 0 Å². The van der Waals surface area contributed by atoms with Crippen LogP contribution in [0.5, 0.6) is 23.0 Å². The van der Waals surface area contributed by atoms with E-state index in [1.54, 1.807) is 50.2 Å². The van der Waals surface area contributed by atoms with Crippen LogP contribution in [0.25, 0.3) is 22.6 Å². The molecule has 34 heavy (non-hydrogen) atoms. The van der Waals surface area contributed by atoms with Gasteiger partial charge in [0.1, 0.15) is 22.6 Å². The van der Waals surface area contributed by atoms with Crippen LogP contribution in [0.2, 0.25) is 0 Å². The number of carbonyl (C=O) groups excluding carboxylic acids is 2. The van der Waals surface area contributed by atoms with Gasteiger partial charge in [-0.25, -0.2) is 9.59 Å². The zero-order valence-electron chi connectivity index (χ0n) is 19.3. The van der Waals surface area contributed by atoms with Crippen molar-refractivity contribution in [1.29, 1.82) is 0 Å². The van der Waals surface area contributed by atoms with Crippen molar-refractivity contribution in [2.75, 3.05) is 34.2 Å². The molecule has 1 aliphatic heterocycles. The lowest BCUT2D eigenvalue weighted by molar-refractivity contribution is 0.0481. The van der Waals surface area contributed by atoms with Crippen LogP contribution in [-0.4, -0.2) is 46.2 Å². The Bertz CT molecular complexity index is 1230. The first-order chi connectivity index (χ1) is 16.5. The minimum absolute atomic E-state index is 0.0380. The third kappa shape index (κ3) is 4.12. The second-order valence-corrected chi connectivity index (χ2v) is 7.09. The number of esters is 2. The minimum Gasteiger partial charge on any atom is -0.493 e. The third-order valence-electron chi connectivity index (χ3n) is 5.15. The molecule has 2 heterocycles. The molecular weight excluding hydrogens is 444 g/mol. The quantitative estimate of drug-likeness (QED) is 0.435. The molecule has 9 heteroatoms. The summed E-state index contributed by atoms with van der Waals surface area (Å²) in [4.78, 5) is 26.2. The molecule has 0 saturated heterocycles. The van der Waals surface area contributed by atoms with E-state index >= 15 is 0 Å². The predicted octanol–water partition coefficient (Wildman–Crippen LogP) is 4.71. The van der Waals surface area contributed by atoms with E-state index in [9.17, 15) is 9.59 Å². The highest BCUT2D eigenvalue weighted by atomic mass is 16.7. The molecule has 0 fully saturated rings. The van der Waals surface area contributed by atoms with Crippen molar-refractivity contribution in [3.63, 3.8) is 0 Å². The van der Waals surface area contributed by atoms with Crippen molar-refractivity contribution in [2.45, 2.75) is 13.8 Å². The molecular formula is C25H24O9. The van der Waals surface area contributed by atoms with Crippen LogP contribution >= 0.6 is 0 Å². The average Bonchev–Trinajstić information content (AvgIpc) is 3.48. The summed E-state index contributed by atoms with van der Waals surface area (Å²) >= 11 is 0.